The van der Waals surface area contributed by atoms with Crippen LogP contribution in [0, 0.1) is 0 Å². The number of unbranched alkanes of at least 4 members (excludes halogenated alkanes) is 9. The van der Waals surface area contributed by atoms with E-state index in [2.05, 4.69) is 11.8 Å². The van der Waals surface area contributed by atoms with E-state index >= 15 is 0 Å². The lowest BCUT2D eigenvalue weighted by Gasteiger charge is -2.10. The van der Waals surface area contributed by atoms with Crippen LogP contribution >= 0.6 is 0 Å². The standard InChI is InChI=1S/C40H83NO13/c1-4-5-6-7-8-9-10-11-12-13-15-42-17-19-44-21-23-46-25-27-48-29-31-50-33-35-52-37-39-54-40-38-53-36-34-51-32-30-49-28-26-47-24-22-45-20-18-43-16-14-41(2)3/h4-40H2,1-3H3. The van der Waals surface area contributed by atoms with Crippen LogP contribution in [0.1, 0.15) is 71.1 Å². The van der Waals surface area contributed by atoms with Gasteiger partial charge in [0.2, 0.25) is 0 Å². The lowest BCUT2D eigenvalue weighted by atomic mass is 10.1. The van der Waals surface area contributed by atoms with Gasteiger partial charge in [0.05, 0.1) is 165 Å². The zero-order valence-corrected chi connectivity index (χ0v) is 34.9. The molecule has 0 bridgehead atoms. The molecule has 0 aliphatic rings. The molecule has 0 aromatic rings. The van der Waals surface area contributed by atoms with Crippen molar-refractivity contribution in [1.82, 2.24) is 4.90 Å². The summed E-state index contributed by atoms with van der Waals surface area (Å²) in [6.45, 7) is 17.8. The van der Waals surface area contributed by atoms with Gasteiger partial charge >= 0.3 is 0 Å². The van der Waals surface area contributed by atoms with Crippen molar-refractivity contribution in [1.29, 1.82) is 0 Å². The third-order valence-corrected chi connectivity index (χ3v) is 7.79. The van der Waals surface area contributed by atoms with E-state index in [1.807, 2.05) is 14.1 Å². The van der Waals surface area contributed by atoms with Crippen molar-refractivity contribution in [2.24, 2.45) is 0 Å². The van der Waals surface area contributed by atoms with Crippen molar-refractivity contribution in [3.05, 3.63) is 0 Å². The Morgan fingerprint density at radius 1 is 0.222 bits per heavy atom. The molecular formula is C40H83NO13. The molecule has 0 saturated carbocycles. The molecule has 0 amide bonds. The van der Waals surface area contributed by atoms with Gasteiger partial charge in [-0.15, -0.1) is 0 Å². The van der Waals surface area contributed by atoms with Gasteiger partial charge in [0, 0.05) is 13.2 Å². The monoisotopic (exact) mass is 786 g/mol. The highest BCUT2D eigenvalue weighted by atomic mass is 16.6. The minimum absolute atomic E-state index is 0.515. The molecule has 0 aromatic heterocycles. The average Bonchev–Trinajstić information content (AvgIpc) is 3.17. The van der Waals surface area contributed by atoms with Gasteiger partial charge in [-0.05, 0) is 20.5 Å². The Bertz CT molecular complexity index is 655. The van der Waals surface area contributed by atoms with Crippen LogP contribution in [0.4, 0.5) is 0 Å². The minimum Gasteiger partial charge on any atom is -0.379 e. The predicted octanol–water partition coefficient (Wildman–Crippen LogP) is 4.68. The smallest absolute Gasteiger partial charge is 0.0701 e. The highest BCUT2D eigenvalue weighted by Gasteiger charge is 1.98. The van der Waals surface area contributed by atoms with Crippen LogP contribution in [0.3, 0.4) is 0 Å². The van der Waals surface area contributed by atoms with E-state index in [9.17, 15) is 0 Å². The Labute approximate surface area is 329 Å². The molecule has 0 atom stereocenters. The van der Waals surface area contributed by atoms with E-state index in [4.69, 9.17) is 61.6 Å². The average molecular weight is 786 g/mol. The van der Waals surface area contributed by atoms with Crippen molar-refractivity contribution in [3.8, 4) is 0 Å². The molecule has 0 heterocycles. The first kappa shape index (κ1) is 53.4. The molecule has 0 spiro atoms. The lowest BCUT2D eigenvalue weighted by molar-refractivity contribution is -0.0291. The van der Waals surface area contributed by atoms with Gasteiger partial charge in [0.15, 0.2) is 0 Å². The molecule has 0 aromatic carbocycles. The number of hydrogen-bond acceptors (Lipinski definition) is 14. The fourth-order valence-electron chi connectivity index (χ4n) is 4.68. The zero-order valence-electron chi connectivity index (χ0n) is 34.9. The second-order valence-corrected chi connectivity index (χ2v) is 12.9. The van der Waals surface area contributed by atoms with Crippen LogP contribution < -0.4 is 0 Å². The van der Waals surface area contributed by atoms with Gasteiger partial charge in [-0.1, -0.05) is 64.7 Å². The van der Waals surface area contributed by atoms with Crippen LogP contribution in [-0.2, 0) is 61.6 Å². The van der Waals surface area contributed by atoms with Crippen LogP contribution in [0.2, 0.25) is 0 Å². The summed E-state index contributed by atoms with van der Waals surface area (Å²) >= 11 is 0. The normalized spacial score (nSPS) is 11.8. The van der Waals surface area contributed by atoms with E-state index in [1.165, 1.54) is 57.8 Å². The Balaban J connectivity index is 3.05. The highest BCUT2D eigenvalue weighted by Crippen LogP contribution is 2.10. The molecule has 326 valence electrons. The second-order valence-electron chi connectivity index (χ2n) is 12.9. The molecule has 0 unspecified atom stereocenters. The van der Waals surface area contributed by atoms with E-state index < -0.39 is 0 Å². The highest BCUT2D eigenvalue weighted by molar-refractivity contribution is 4.48. The molecule has 14 heteroatoms. The van der Waals surface area contributed by atoms with Crippen molar-refractivity contribution in [2.75, 3.05) is 192 Å². The summed E-state index contributed by atoms with van der Waals surface area (Å²) in [5.74, 6) is 0. The molecular weight excluding hydrogens is 702 g/mol. The van der Waals surface area contributed by atoms with Gasteiger partial charge < -0.3 is 66.5 Å². The molecule has 14 nitrogen and oxygen atoms in total. The zero-order chi connectivity index (χ0) is 38.9. The number of ether oxygens (including phenoxy) is 13. The maximum atomic E-state index is 5.65. The lowest BCUT2D eigenvalue weighted by Crippen LogP contribution is -2.19. The summed E-state index contributed by atoms with van der Waals surface area (Å²) in [6.07, 6.45) is 13.4. The summed E-state index contributed by atoms with van der Waals surface area (Å²) in [5.41, 5.74) is 0. The Morgan fingerprint density at radius 3 is 0.630 bits per heavy atom. The van der Waals surface area contributed by atoms with Crippen LogP contribution in [0.15, 0.2) is 0 Å². The first-order chi connectivity index (χ1) is 26.8. The molecule has 54 heavy (non-hydrogen) atoms. The van der Waals surface area contributed by atoms with Gasteiger partial charge in [-0.2, -0.15) is 0 Å². The van der Waals surface area contributed by atoms with Crippen molar-refractivity contribution < 1.29 is 61.6 Å². The van der Waals surface area contributed by atoms with Crippen molar-refractivity contribution >= 4 is 0 Å². The Morgan fingerprint density at radius 2 is 0.407 bits per heavy atom. The quantitative estimate of drug-likeness (QED) is 0.0794. The predicted molar refractivity (Wildman–Crippen MR) is 211 cm³/mol. The third-order valence-electron chi connectivity index (χ3n) is 7.79. The van der Waals surface area contributed by atoms with Crippen LogP contribution in [-0.4, -0.2) is 197 Å². The first-order valence-corrected chi connectivity index (χ1v) is 20.9. The van der Waals surface area contributed by atoms with E-state index in [0.717, 1.165) is 26.2 Å². The molecule has 0 N–H and O–H groups in total. The van der Waals surface area contributed by atoms with E-state index in [1.54, 1.807) is 0 Å². The summed E-state index contributed by atoms with van der Waals surface area (Å²) in [7, 11) is 4.05. The Kier molecular flexibility index (Phi) is 49.9. The third kappa shape index (κ3) is 51.4. The minimum atomic E-state index is 0.515. The van der Waals surface area contributed by atoms with Gasteiger partial charge in [0.1, 0.15) is 0 Å². The number of rotatable bonds is 50. The van der Waals surface area contributed by atoms with Crippen LogP contribution in [0.25, 0.3) is 0 Å². The summed E-state index contributed by atoms with van der Waals surface area (Å²) < 4.78 is 71.7. The number of likely N-dealkylation sites (N-methyl/N-ethyl adjacent to an activating group) is 1. The fourth-order valence-corrected chi connectivity index (χ4v) is 4.68. The largest absolute Gasteiger partial charge is 0.379 e. The van der Waals surface area contributed by atoms with E-state index in [0.29, 0.717) is 159 Å². The molecule has 0 rings (SSSR count). The number of hydrogen-bond donors (Lipinski definition) is 0. The number of nitrogens with zero attached hydrogens (tertiary/aromatic N) is 1. The summed E-state index contributed by atoms with van der Waals surface area (Å²) in [6, 6.07) is 0. The molecule has 0 aliphatic carbocycles. The Hall–Kier alpha value is -0.560. The van der Waals surface area contributed by atoms with Gasteiger partial charge in [-0.3, -0.25) is 0 Å². The SMILES string of the molecule is CCCCCCCCCCCCOCCOCCOCCOCCOCCOCCOCCOCCOCCOCCOCCOCCOCCN(C)C. The summed E-state index contributed by atoms with van der Waals surface area (Å²) in [5, 5.41) is 0. The fraction of sp³-hybridized carbons (Fsp3) is 1.00. The van der Waals surface area contributed by atoms with Crippen molar-refractivity contribution in [2.45, 2.75) is 71.1 Å². The molecule has 0 radical (unpaired) electrons. The first-order valence-electron chi connectivity index (χ1n) is 20.9. The summed E-state index contributed by atoms with van der Waals surface area (Å²) in [4.78, 5) is 2.09. The van der Waals surface area contributed by atoms with Gasteiger partial charge in [0.25, 0.3) is 0 Å². The molecule has 0 saturated heterocycles. The van der Waals surface area contributed by atoms with Gasteiger partial charge in [-0.25, -0.2) is 0 Å². The maximum absolute atomic E-state index is 5.65. The maximum Gasteiger partial charge on any atom is 0.0701 e. The van der Waals surface area contributed by atoms with E-state index in [-0.39, 0.29) is 0 Å². The second kappa shape index (κ2) is 50.5. The van der Waals surface area contributed by atoms with Crippen molar-refractivity contribution in [3.63, 3.8) is 0 Å². The molecule has 0 fully saturated rings. The topological polar surface area (TPSA) is 123 Å². The molecule has 0 aliphatic heterocycles. The van der Waals surface area contributed by atoms with Crippen LogP contribution in [0.5, 0.6) is 0 Å².